The van der Waals surface area contributed by atoms with Gasteiger partial charge in [0.15, 0.2) is 0 Å². The van der Waals surface area contributed by atoms with Gasteiger partial charge in [0.1, 0.15) is 6.23 Å². The van der Waals surface area contributed by atoms with Crippen LogP contribution in [0.15, 0.2) is 10.5 Å². The van der Waals surface area contributed by atoms with Crippen molar-refractivity contribution in [2.24, 2.45) is 0 Å². The molecule has 0 aromatic heterocycles. The molecule has 0 bridgehead atoms. The van der Waals surface area contributed by atoms with Crippen molar-refractivity contribution in [3.63, 3.8) is 0 Å². The number of hydrogen-bond donors (Lipinski definition) is 2. The first-order valence-corrected chi connectivity index (χ1v) is 8.01. The van der Waals surface area contributed by atoms with Crippen molar-refractivity contribution >= 4 is 38.9 Å². The van der Waals surface area contributed by atoms with Crippen LogP contribution in [0.2, 0.25) is 5.02 Å². The Morgan fingerprint density at radius 2 is 2.15 bits per heavy atom. The summed E-state index contributed by atoms with van der Waals surface area (Å²) >= 11 is 9.75. The van der Waals surface area contributed by atoms with Crippen molar-refractivity contribution in [1.29, 1.82) is 5.41 Å². The molecule has 0 aliphatic heterocycles. The fourth-order valence-electron chi connectivity index (χ4n) is 2.07. The van der Waals surface area contributed by atoms with Gasteiger partial charge in [0.25, 0.3) is 0 Å². The molecule has 2 N–H and O–H groups in total. The lowest BCUT2D eigenvalue weighted by Gasteiger charge is -2.23. The third-order valence-electron chi connectivity index (χ3n) is 3.00. The van der Waals surface area contributed by atoms with Gasteiger partial charge in [0, 0.05) is 28.0 Å². The second-order valence-corrected chi connectivity index (χ2v) is 5.92. The molecule has 1 aromatic carbocycles. The maximum atomic E-state index is 7.96. The minimum atomic E-state index is -0.0458. The standard InChI is InChI=1S/C15H22BrClN2O/c1-5-7-12(20-6-2)19-11-8-9(3)15(17)14(16)13(11)10(4)18/h8,12,18-19H,5-7H2,1-4H3. The van der Waals surface area contributed by atoms with Crippen LogP contribution in [0.25, 0.3) is 0 Å². The van der Waals surface area contributed by atoms with Crippen molar-refractivity contribution < 1.29 is 4.74 Å². The van der Waals surface area contributed by atoms with Crippen LogP contribution in [0.4, 0.5) is 5.69 Å². The van der Waals surface area contributed by atoms with E-state index >= 15 is 0 Å². The van der Waals surface area contributed by atoms with Gasteiger partial charge in [-0.2, -0.15) is 0 Å². The van der Waals surface area contributed by atoms with Crippen molar-refractivity contribution in [2.75, 3.05) is 11.9 Å². The van der Waals surface area contributed by atoms with Crippen molar-refractivity contribution in [1.82, 2.24) is 0 Å². The number of halogens is 2. The number of anilines is 1. The predicted octanol–water partition coefficient (Wildman–Crippen LogP) is 5.37. The third kappa shape index (κ3) is 4.21. The molecule has 0 spiro atoms. The Kier molecular flexibility index (Phi) is 7.00. The molecule has 0 aliphatic carbocycles. The zero-order valence-electron chi connectivity index (χ0n) is 12.4. The summed E-state index contributed by atoms with van der Waals surface area (Å²) in [5.41, 5.74) is 3.12. The Bertz CT molecular complexity index is 485. The van der Waals surface area contributed by atoms with Crippen molar-refractivity contribution in [3.05, 3.63) is 26.7 Å². The quantitative estimate of drug-likeness (QED) is 0.506. The Hall–Kier alpha value is -0.580. The molecule has 0 radical (unpaired) electrons. The Morgan fingerprint density at radius 1 is 1.50 bits per heavy atom. The van der Waals surface area contributed by atoms with Gasteiger partial charge in [-0.3, -0.25) is 0 Å². The summed E-state index contributed by atoms with van der Waals surface area (Å²) < 4.78 is 6.47. The van der Waals surface area contributed by atoms with Crippen LogP contribution in [0.1, 0.15) is 44.7 Å². The van der Waals surface area contributed by atoms with Gasteiger partial charge in [-0.25, -0.2) is 0 Å². The van der Waals surface area contributed by atoms with Crippen molar-refractivity contribution in [2.45, 2.75) is 46.8 Å². The second-order valence-electron chi connectivity index (χ2n) is 4.75. The summed E-state index contributed by atoms with van der Waals surface area (Å²) in [6, 6.07) is 1.97. The van der Waals surface area contributed by atoms with Crippen LogP contribution < -0.4 is 5.32 Å². The van der Waals surface area contributed by atoms with E-state index in [-0.39, 0.29) is 6.23 Å². The monoisotopic (exact) mass is 360 g/mol. The van der Waals surface area contributed by atoms with E-state index in [1.807, 2.05) is 19.9 Å². The van der Waals surface area contributed by atoms with Gasteiger partial charge in [-0.15, -0.1) is 0 Å². The van der Waals surface area contributed by atoms with E-state index in [4.69, 9.17) is 21.7 Å². The third-order valence-corrected chi connectivity index (χ3v) is 4.51. The molecule has 0 aliphatic rings. The summed E-state index contributed by atoms with van der Waals surface area (Å²) in [6.45, 7) is 8.48. The number of hydrogen-bond acceptors (Lipinski definition) is 3. The van der Waals surface area contributed by atoms with E-state index < -0.39 is 0 Å². The van der Waals surface area contributed by atoms with Crippen LogP contribution in [0.5, 0.6) is 0 Å². The van der Waals surface area contributed by atoms with Gasteiger partial charge >= 0.3 is 0 Å². The Morgan fingerprint density at radius 3 is 2.65 bits per heavy atom. The highest BCUT2D eigenvalue weighted by Crippen LogP contribution is 2.35. The van der Waals surface area contributed by atoms with Gasteiger partial charge < -0.3 is 15.5 Å². The first-order chi connectivity index (χ1) is 9.42. The number of benzene rings is 1. The van der Waals surface area contributed by atoms with Crippen molar-refractivity contribution in [3.8, 4) is 0 Å². The summed E-state index contributed by atoms with van der Waals surface area (Å²) in [7, 11) is 0. The highest BCUT2D eigenvalue weighted by molar-refractivity contribution is 9.10. The lowest BCUT2D eigenvalue weighted by molar-refractivity contribution is 0.0762. The highest BCUT2D eigenvalue weighted by atomic mass is 79.9. The lowest BCUT2D eigenvalue weighted by Crippen LogP contribution is -2.24. The molecule has 0 saturated carbocycles. The summed E-state index contributed by atoms with van der Waals surface area (Å²) in [5, 5.41) is 12.0. The van der Waals surface area contributed by atoms with Crippen LogP contribution in [-0.2, 0) is 4.74 Å². The van der Waals surface area contributed by atoms with Gasteiger partial charge in [-0.1, -0.05) is 24.9 Å². The second kappa shape index (κ2) is 8.01. The minimum Gasteiger partial charge on any atom is -0.360 e. The molecule has 1 rings (SSSR count). The molecule has 0 saturated heterocycles. The van der Waals surface area contributed by atoms with E-state index in [0.717, 1.165) is 34.1 Å². The lowest BCUT2D eigenvalue weighted by atomic mass is 10.1. The maximum absolute atomic E-state index is 7.96. The topological polar surface area (TPSA) is 45.1 Å². The maximum Gasteiger partial charge on any atom is 0.127 e. The molecule has 1 unspecified atom stereocenters. The molecular formula is C15H22BrClN2O. The molecule has 1 aromatic rings. The molecular weight excluding hydrogens is 340 g/mol. The fourth-order valence-corrected chi connectivity index (χ4v) is 3.04. The minimum absolute atomic E-state index is 0.0458. The largest absolute Gasteiger partial charge is 0.360 e. The van der Waals surface area contributed by atoms with E-state index in [9.17, 15) is 0 Å². The van der Waals surface area contributed by atoms with E-state index in [1.165, 1.54) is 0 Å². The smallest absolute Gasteiger partial charge is 0.127 e. The number of nitrogens with one attached hydrogen (secondary N) is 2. The SMILES string of the molecule is CCCC(Nc1cc(C)c(Cl)c(Br)c1C(C)=N)OCC. The highest BCUT2D eigenvalue weighted by Gasteiger charge is 2.17. The van der Waals surface area contributed by atoms with E-state index in [1.54, 1.807) is 6.92 Å². The molecule has 112 valence electrons. The number of ether oxygens (including phenoxy) is 1. The Labute approximate surface area is 134 Å². The Balaban J connectivity index is 3.18. The van der Waals surface area contributed by atoms with Gasteiger partial charge in [0.05, 0.1) is 5.02 Å². The molecule has 20 heavy (non-hydrogen) atoms. The zero-order chi connectivity index (χ0) is 15.3. The zero-order valence-corrected chi connectivity index (χ0v) is 14.8. The van der Waals surface area contributed by atoms with Crippen LogP contribution in [-0.4, -0.2) is 18.5 Å². The molecule has 3 nitrogen and oxygen atoms in total. The summed E-state index contributed by atoms with van der Waals surface area (Å²) in [6.07, 6.45) is 1.91. The van der Waals surface area contributed by atoms with Crippen LogP contribution in [0, 0.1) is 12.3 Å². The fraction of sp³-hybridized carbons (Fsp3) is 0.533. The number of rotatable bonds is 7. The van der Waals surface area contributed by atoms with E-state index in [0.29, 0.717) is 17.3 Å². The van der Waals surface area contributed by atoms with Gasteiger partial charge in [-0.05, 0) is 54.8 Å². The first-order valence-electron chi connectivity index (χ1n) is 6.84. The van der Waals surface area contributed by atoms with E-state index in [2.05, 4.69) is 28.2 Å². The first kappa shape index (κ1) is 17.5. The molecule has 0 amide bonds. The molecule has 1 atom stereocenters. The summed E-state index contributed by atoms with van der Waals surface area (Å²) in [5.74, 6) is 0. The van der Waals surface area contributed by atoms with Crippen LogP contribution >= 0.6 is 27.5 Å². The molecule has 5 heteroatoms. The predicted molar refractivity (Wildman–Crippen MR) is 90.3 cm³/mol. The average Bonchev–Trinajstić information content (AvgIpc) is 2.36. The normalized spacial score (nSPS) is 12.3. The average molecular weight is 362 g/mol. The number of aryl methyl sites for hydroxylation is 1. The van der Waals surface area contributed by atoms with Gasteiger partial charge in [0.2, 0.25) is 0 Å². The van der Waals surface area contributed by atoms with Crippen LogP contribution in [0.3, 0.4) is 0 Å². The molecule has 0 heterocycles. The summed E-state index contributed by atoms with van der Waals surface area (Å²) in [4.78, 5) is 0. The molecule has 0 fully saturated rings.